The molecule has 126 valence electrons. The number of benzene rings is 1. The fourth-order valence-corrected chi connectivity index (χ4v) is 3.05. The minimum Gasteiger partial charge on any atom is -0.376 e. The van der Waals surface area contributed by atoms with E-state index in [4.69, 9.17) is 10.5 Å². The molecule has 1 aliphatic heterocycles. The van der Waals surface area contributed by atoms with Crippen molar-refractivity contribution in [2.75, 3.05) is 6.61 Å². The van der Waals surface area contributed by atoms with E-state index in [1.54, 1.807) is 0 Å². The highest BCUT2D eigenvalue weighted by Crippen LogP contribution is 2.19. The Balaban J connectivity index is 0.00000192. The van der Waals surface area contributed by atoms with Gasteiger partial charge >= 0.3 is 0 Å². The molecule has 4 N–H and O–H groups in total. The maximum Gasteiger partial charge on any atom is 0.237 e. The maximum atomic E-state index is 12.3. The second kappa shape index (κ2) is 7.81. The Kier molecular flexibility index (Phi) is 6.04. The van der Waals surface area contributed by atoms with Gasteiger partial charge < -0.3 is 20.8 Å². The molecule has 2 unspecified atom stereocenters. The standard InChI is InChI=1S/C17H23N3O2.ClH/c1-11(16-7-4-8-22-16)20-17(21)14(18)9-12-10-19-15-6-3-2-5-13(12)15;/h2-3,5-6,10-11,14,16,19H,4,7-9,18H2,1H3,(H,20,21);1H/t11?,14-,16?;/m0./s1. The van der Waals surface area contributed by atoms with Crippen molar-refractivity contribution in [1.82, 2.24) is 10.3 Å². The first kappa shape index (κ1) is 17.8. The van der Waals surface area contributed by atoms with Crippen molar-refractivity contribution in [2.45, 2.75) is 44.4 Å². The predicted molar refractivity (Wildman–Crippen MR) is 93.8 cm³/mol. The SMILES string of the molecule is CC(NC(=O)[C@@H](N)Cc1c[nH]c2ccccc12)C1CCCO1.Cl. The molecule has 0 aliphatic carbocycles. The molecule has 1 fully saturated rings. The highest BCUT2D eigenvalue weighted by atomic mass is 35.5. The Labute approximate surface area is 142 Å². The molecular weight excluding hydrogens is 314 g/mol. The number of nitrogens with one attached hydrogen (secondary N) is 2. The highest BCUT2D eigenvalue weighted by molar-refractivity contribution is 5.86. The highest BCUT2D eigenvalue weighted by Gasteiger charge is 2.25. The summed E-state index contributed by atoms with van der Waals surface area (Å²) >= 11 is 0. The van der Waals surface area contributed by atoms with E-state index in [-0.39, 0.29) is 30.5 Å². The minimum absolute atomic E-state index is 0. The number of hydrogen-bond acceptors (Lipinski definition) is 3. The molecule has 23 heavy (non-hydrogen) atoms. The number of rotatable bonds is 5. The van der Waals surface area contributed by atoms with Gasteiger partial charge in [0, 0.05) is 23.7 Å². The third kappa shape index (κ3) is 4.05. The third-order valence-corrected chi connectivity index (χ3v) is 4.34. The van der Waals surface area contributed by atoms with E-state index in [0.29, 0.717) is 6.42 Å². The van der Waals surface area contributed by atoms with E-state index in [1.165, 1.54) is 0 Å². The third-order valence-electron chi connectivity index (χ3n) is 4.34. The van der Waals surface area contributed by atoms with Gasteiger partial charge in [0.25, 0.3) is 0 Å². The van der Waals surface area contributed by atoms with Crippen LogP contribution in [0.25, 0.3) is 10.9 Å². The van der Waals surface area contributed by atoms with Crippen molar-refractivity contribution < 1.29 is 9.53 Å². The number of carbonyl (C=O) groups excluding carboxylic acids is 1. The van der Waals surface area contributed by atoms with E-state index in [2.05, 4.69) is 10.3 Å². The van der Waals surface area contributed by atoms with Crippen molar-refractivity contribution in [3.63, 3.8) is 0 Å². The van der Waals surface area contributed by atoms with Crippen LogP contribution in [0.1, 0.15) is 25.3 Å². The van der Waals surface area contributed by atoms with Crippen LogP contribution in [0.2, 0.25) is 0 Å². The van der Waals surface area contributed by atoms with Crippen LogP contribution in [0.15, 0.2) is 30.5 Å². The van der Waals surface area contributed by atoms with Crippen molar-refractivity contribution in [1.29, 1.82) is 0 Å². The lowest BCUT2D eigenvalue weighted by Crippen LogP contribution is -2.49. The minimum atomic E-state index is -0.553. The number of ether oxygens (including phenoxy) is 1. The second-order valence-electron chi connectivity index (χ2n) is 6.02. The van der Waals surface area contributed by atoms with Gasteiger partial charge in [-0.2, -0.15) is 0 Å². The van der Waals surface area contributed by atoms with Crippen LogP contribution in [-0.4, -0.2) is 35.7 Å². The molecule has 1 aliphatic rings. The van der Waals surface area contributed by atoms with Crippen molar-refractivity contribution in [2.24, 2.45) is 5.73 Å². The Morgan fingerprint density at radius 3 is 3.00 bits per heavy atom. The number of nitrogens with two attached hydrogens (primary N) is 1. The molecule has 2 aromatic rings. The fourth-order valence-electron chi connectivity index (χ4n) is 3.05. The average molecular weight is 338 g/mol. The summed E-state index contributed by atoms with van der Waals surface area (Å²) in [6.07, 6.45) is 4.63. The van der Waals surface area contributed by atoms with E-state index in [0.717, 1.165) is 35.9 Å². The van der Waals surface area contributed by atoms with E-state index in [9.17, 15) is 4.79 Å². The molecule has 6 heteroatoms. The van der Waals surface area contributed by atoms with Crippen LogP contribution in [-0.2, 0) is 16.0 Å². The largest absolute Gasteiger partial charge is 0.376 e. The molecule has 0 radical (unpaired) electrons. The van der Waals surface area contributed by atoms with Gasteiger partial charge in [0.1, 0.15) is 0 Å². The van der Waals surface area contributed by atoms with Crippen molar-refractivity contribution in [3.05, 3.63) is 36.0 Å². The summed E-state index contributed by atoms with van der Waals surface area (Å²) in [5, 5.41) is 4.11. The number of carbonyl (C=O) groups is 1. The summed E-state index contributed by atoms with van der Waals surface area (Å²) in [5.74, 6) is -0.117. The number of fused-ring (bicyclic) bond motifs is 1. The zero-order chi connectivity index (χ0) is 15.5. The molecule has 0 bridgehead atoms. The van der Waals surface area contributed by atoms with E-state index in [1.807, 2.05) is 37.4 Å². The molecule has 1 amide bonds. The first-order chi connectivity index (χ1) is 10.6. The van der Waals surface area contributed by atoms with Crippen LogP contribution in [0.5, 0.6) is 0 Å². The zero-order valence-corrected chi connectivity index (χ0v) is 14.1. The lowest BCUT2D eigenvalue weighted by atomic mass is 10.0. The summed E-state index contributed by atoms with van der Waals surface area (Å²) in [5.41, 5.74) is 8.22. The van der Waals surface area contributed by atoms with Crippen LogP contribution in [0.4, 0.5) is 0 Å². The van der Waals surface area contributed by atoms with Gasteiger partial charge in [0.05, 0.1) is 18.2 Å². The molecule has 1 saturated heterocycles. The van der Waals surface area contributed by atoms with E-state index < -0.39 is 6.04 Å². The molecule has 2 heterocycles. The van der Waals surface area contributed by atoms with Gasteiger partial charge in [-0.25, -0.2) is 0 Å². The van der Waals surface area contributed by atoms with Gasteiger partial charge in [-0.15, -0.1) is 12.4 Å². The predicted octanol–water partition coefficient (Wildman–Crippen LogP) is 2.14. The molecule has 0 spiro atoms. The summed E-state index contributed by atoms with van der Waals surface area (Å²) in [6, 6.07) is 7.49. The lowest BCUT2D eigenvalue weighted by molar-refractivity contribution is -0.123. The molecule has 3 atom stereocenters. The summed E-state index contributed by atoms with van der Waals surface area (Å²) < 4.78 is 5.60. The number of aromatic nitrogens is 1. The van der Waals surface area contributed by atoms with Crippen LogP contribution < -0.4 is 11.1 Å². The summed E-state index contributed by atoms with van der Waals surface area (Å²) in [6.45, 7) is 2.76. The van der Waals surface area contributed by atoms with Crippen LogP contribution >= 0.6 is 12.4 Å². The molecule has 1 aromatic heterocycles. The lowest BCUT2D eigenvalue weighted by Gasteiger charge is -2.22. The molecular formula is C17H24ClN3O2. The van der Waals surface area contributed by atoms with E-state index >= 15 is 0 Å². The van der Waals surface area contributed by atoms with Gasteiger partial charge in [-0.05, 0) is 37.8 Å². The first-order valence-electron chi connectivity index (χ1n) is 7.87. The zero-order valence-electron chi connectivity index (χ0n) is 13.2. The Bertz CT molecular complexity index is 652. The van der Waals surface area contributed by atoms with Gasteiger partial charge in [-0.1, -0.05) is 18.2 Å². The monoisotopic (exact) mass is 337 g/mol. The van der Waals surface area contributed by atoms with Gasteiger partial charge in [-0.3, -0.25) is 4.79 Å². The van der Waals surface area contributed by atoms with Crippen LogP contribution in [0.3, 0.4) is 0 Å². The number of para-hydroxylation sites is 1. The quantitative estimate of drug-likeness (QED) is 0.782. The average Bonchev–Trinajstić information content (AvgIpc) is 3.17. The molecule has 5 nitrogen and oxygen atoms in total. The van der Waals surface area contributed by atoms with Gasteiger partial charge in [0.15, 0.2) is 0 Å². The molecule has 0 saturated carbocycles. The Morgan fingerprint density at radius 1 is 1.48 bits per heavy atom. The Morgan fingerprint density at radius 2 is 2.26 bits per heavy atom. The summed E-state index contributed by atoms with van der Waals surface area (Å²) in [7, 11) is 0. The number of H-pyrrole nitrogens is 1. The Hall–Kier alpha value is -1.56. The van der Waals surface area contributed by atoms with Crippen LogP contribution in [0, 0.1) is 0 Å². The van der Waals surface area contributed by atoms with Crippen molar-refractivity contribution in [3.8, 4) is 0 Å². The maximum absolute atomic E-state index is 12.3. The first-order valence-corrected chi connectivity index (χ1v) is 7.87. The summed E-state index contributed by atoms with van der Waals surface area (Å²) in [4.78, 5) is 15.5. The second-order valence-corrected chi connectivity index (χ2v) is 6.02. The topological polar surface area (TPSA) is 80.1 Å². The number of aromatic amines is 1. The smallest absolute Gasteiger partial charge is 0.237 e. The number of halogens is 1. The molecule has 3 rings (SSSR count). The fraction of sp³-hybridized carbons (Fsp3) is 0.471. The van der Waals surface area contributed by atoms with Crippen molar-refractivity contribution >= 4 is 29.2 Å². The number of amides is 1. The molecule has 1 aromatic carbocycles. The van der Waals surface area contributed by atoms with Gasteiger partial charge in [0.2, 0.25) is 5.91 Å². The number of hydrogen-bond donors (Lipinski definition) is 3. The normalized spacial score (nSPS) is 20.0.